The molecular formula is C22H31NO5. The maximum atomic E-state index is 12.9. The molecule has 0 unspecified atom stereocenters. The molecule has 1 aromatic carbocycles. The Bertz CT molecular complexity index is 718. The van der Waals surface area contributed by atoms with Crippen molar-refractivity contribution in [2.45, 2.75) is 56.7 Å². The molecule has 2 heterocycles. The van der Waals surface area contributed by atoms with Crippen LogP contribution in [0.3, 0.4) is 0 Å². The third kappa shape index (κ3) is 3.48. The first-order valence-electron chi connectivity index (χ1n) is 10.4. The Balaban J connectivity index is 1.49. The molecule has 2 fully saturated rings. The summed E-state index contributed by atoms with van der Waals surface area (Å²) in [6, 6.07) is 4.14. The van der Waals surface area contributed by atoms with Crippen LogP contribution in [0.5, 0.6) is 11.5 Å². The molecule has 1 N–H and O–H groups in total. The molecule has 4 rings (SSSR count). The fourth-order valence-electron chi connectivity index (χ4n) is 5.07. The van der Waals surface area contributed by atoms with E-state index in [1.807, 2.05) is 4.90 Å². The zero-order chi connectivity index (χ0) is 19.7. The van der Waals surface area contributed by atoms with Crippen molar-refractivity contribution in [2.75, 3.05) is 33.9 Å². The molecule has 0 bridgehead atoms. The second-order valence-corrected chi connectivity index (χ2v) is 8.29. The van der Waals surface area contributed by atoms with E-state index in [4.69, 9.17) is 14.2 Å². The third-order valence-electron chi connectivity index (χ3n) is 6.78. The van der Waals surface area contributed by atoms with Gasteiger partial charge in [-0.1, -0.05) is 0 Å². The van der Waals surface area contributed by atoms with Crippen LogP contribution >= 0.6 is 0 Å². The van der Waals surface area contributed by atoms with Gasteiger partial charge in [0.25, 0.3) is 0 Å². The Morgan fingerprint density at radius 1 is 1.11 bits per heavy atom. The highest BCUT2D eigenvalue weighted by Crippen LogP contribution is 2.45. The molecule has 1 aliphatic carbocycles. The predicted octanol–water partition coefficient (Wildman–Crippen LogP) is 2.65. The Morgan fingerprint density at radius 2 is 1.75 bits per heavy atom. The van der Waals surface area contributed by atoms with E-state index in [2.05, 4.69) is 12.1 Å². The summed E-state index contributed by atoms with van der Waals surface area (Å²) in [4.78, 5) is 14.9. The second-order valence-electron chi connectivity index (χ2n) is 8.29. The standard InChI is InChI=1S/C22H31NO5/c1-26-19-13-16-7-12-28-22(18(16)14-20(19)27-2)8-10-23(11-9-22)21(25)15-3-5-17(24)6-4-15/h13-15,17,24H,3-12H2,1-2H3. The van der Waals surface area contributed by atoms with E-state index in [1.54, 1.807) is 14.2 Å². The number of carbonyl (C=O) groups is 1. The normalized spacial score (nSPS) is 26.6. The zero-order valence-corrected chi connectivity index (χ0v) is 16.9. The summed E-state index contributed by atoms with van der Waals surface area (Å²) < 4.78 is 17.3. The van der Waals surface area contributed by atoms with Gasteiger partial charge in [0.2, 0.25) is 5.91 Å². The fourth-order valence-corrected chi connectivity index (χ4v) is 5.07. The van der Waals surface area contributed by atoms with E-state index in [1.165, 1.54) is 11.1 Å². The van der Waals surface area contributed by atoms with Crippen LogP contribution in [0, 0.1) is 5.92 Å². The predicted molar refractivity (Wildman–Crippen MR) is 105 cm³/mol. The van der Waals surface area contributed by atoms with Crippen LogP contribution in [0.25, 0.3) is 0 Å². The molecule has 0 atom stereocenters. The van der Waals surface area contributed by atoms with Gasteiger partial charge in [-0.15, -0.1) is 0 Å². The molecule has 1 spiro atoms. The lowest BCUT2D eigenvalue weighted by molar-refractivity contribution is -0.146. The van der Waals surface area contributed by atoms with Crippen LogP contribution in [0.4, 0.5) is 0 Å². The Labute approximate surface area is 166 Å². The van der Waals surface area contributed by atoms with Gasteiger partial charge in [0.15, 0.2) is 11.5 Å². The summed E-state index contributed by atoms with van der Waals surface area (Å²) in [5, 5.41) is 9.70. The highest BCUT2D eigenvalue weighted by Gasteiger charge is 2.43. The summed E-state index contributed by atoms with van der Waals surface area (Å²) in [5.41, 5.74) is 2.10. The highest BCUT2D eigenvalue weighted by atomic mass is 16.5. The molecule has 6 nitrogen and oxygen atoms in total. The van der Waals surface area contributed by atoms with Crippen LogP contribution in [0.2, 0.25) is 0 Å². The van der Waals surface area contributed by atoms with Crippen molar-refractivity contribution in [1.82, 2.24) is 4.90 Å². The van der Waals surface area contributed by atoms with Gasteiger partial charge in [0.05, 0.1) is 32.5 Å². The van der Waals surface area contributed by atoms with Gasteiger partial charge in [-0.3, -0.25) is 4.79 Å². The summed E-state index contributed by atoms with van der Waals surface area (Å²) in [5.74, 6) is 1.81. The molecular weight excluding hydrogens is 358 g/mol. The van der Waals surface area contributed by atoms with Gasteiger partial charge < -0.3 is 24.2 Å². The van der Waals surface area contributed by atoms with Crippen molar-refractivity contribution in [3.63, 3.8) is 0 Å². The smallest absolute Gasteiger partial charge is 0.225 e. The number of aliphatic hydroxyl groups excluding tert-OH is 1. The number of aliphatic hydroxyl groups is 1. The van der Waals surface area contributed by atoms with Crippen molar-refractivity contribution >= 4 is 5.91 Å². The van der Waals surface area contributed by atoms with Crippen molar-refractivity contribution in [2.24, 2.45) is 5.92 Å². The second kappa shape index (κ2) is 7.91. The van der Waals surface area contributed by atoms with Crippen molar-refractivity contribution in [3.05, 3.63) is 23.3 Å². The number of hydrogen-bond donors (Lipinski definition) is 1. The zero-order valence-electron chi connectivity index (χ0n) is 16.9. The number of ether oxygens (including phenoxy) is 3. The lowest BCUT2D eigenvalue weighted by atomic mass is 9.78. The number of methoxy groups -OCH3 is 2. The number of benzene rings is 1. The van der Waals surface area contributed by atoms with E-state index in [0.717, 1.165) is 56.4 Å². The quantitative estimate of drug-likeness (QED) is 0.861. The molecule has 0 radical (unpaired) electrons. The topological polar surface area (TPSA) is 68.2 Å². The first-order chi connectivity index (χ1) is 13.6. The maximum Gasteiger partial charge on any atom is 0.225 e. The first-order valence-corrected chi connectivity index (χ1v) is 10.4. The molecule has 1 saturated heterocycles. The van der Waals surface area contributed by atoms with Crippen LogP contribution in [0.15, 0.2) is 12.1 Å². The van der Waals surface area contributed by atoms with Crippen LogP contribution in [-0.4, -0.2) is 55.9 Å². The molecule has 6 heteroatoms. The molecule has 0 aromatic heterocycles. The molecule has 1 saturated carbocycles. The van der Waals surface area contributed by atoms with Crippen LogP contribution < -0.4 is 9.47 Å². The number of amides is 1. The lowest BCUT2D eigenvalue weighted by Crippen LogP contribution is -2.50. The van der Waals surface area contributed by atoms with E-state index in [-0.39, 0.29) is 23.5 Å². The Kier molecular flexibility index (Phi) is 5.52. The molecule has 1 aromatic rings. The van der Waals surface area contributed by atoms with E-state index in [0.29, 0.717) is 19.7 Å². The summed E-state index contributed by atoms with van der Waals surface area (Å²) in [6.07, 6.45) is 5.33. The molecule has 28 heavy (non-hydrogen) atoms. The molecule has 2 aliphatic heterocycles. The minimum atomic E-state index is -0.341. The number of carbonyl (C=O) groups excluding carboxylic acids is 1. The highest BCUT2D eigenvalue weighted by molar-refractivity contribution is 5.79. The largest absolute Gasteiger partial charge is 0.493 e. The van der Waals surface area contributed by atoms with Gasteiger partial charge in [-0.05, 0) is 68.2 Å². The minimum absolute atomic E-state index is 0.0707. The molecule has 3 aliphatic rings. The third-order valence-corrected chi connectivity index (χ3v) is 6.78. The summed E-state index contributed by atoms with van der Waals surface area (Å²) in [7, 11) is 3.32. The van der Waals surface area contributed by atoms with Gasteiger partial charge >= 0.3 is 0 Å². The van der Waals surface area contributed by atoms with Crippen molar-refractivity contribution in [3.8, 4) is 11.5 Å². The van der Waals surface area contributed by atoms with Crippen molar-refractivity contribution < 1.29 is 24.1 Å². The monoisotopic (exact) mass is 389 g/mol. The Hall–Kier alpha value is -1.79. The fraction of sp³-hybridized carbons (Fsp3) is 0.682. The van der Waals surface area contributed by atoms with Gasteiger partial charge in [0.1, 0.15) is 0 Å². The van der Waals surface area contributed by atoms with Crippen LogP contribution in [0.1, 0.15) is 49.7 Å². The number of hydrogen-bond acceptors (Lipinski definition) is 5. The van der Waals surface area contributed by atoms with Gasteiger partial charge in [0, 0.05) is 19.0 Å². The first kappa shape index (κ1) is 19.5. The van der Waals surface area contributed by atoms with Gasteiger partial charge in [-0.2, -0.15) is 0 Å². The number of fused-ring (bicyclic) bond motifs is 2. The minimum Gasteiger partial charge on any atom is -0.493 e. The van der Waals surface area contributed by atoms with E-state index in [9.17, 15) is 9.90 Å². The van der Waals surface area contributed by atoms with E-state index >= 15 is 0 Å². The number of rotatable bonds is 3. The molecule has 154 valence electrons. The molecule has 1 amide bonds. The lowest BCUT2D eigenvalue weighted by Gasteiger charge is -2.46. The average Bonchev–Trinajstić information content (AvgIpc) is 2.74. The summed E-state index contributed by atoms with van der Waals surface area (Å²) >= 11 is 0. The van der Waals surface area contributed by atoms with Crippen molar-refractivity contribution in [1.29, 1.82) is 0 Å². The maximum absolute atomic E-state index is 12.9. The number of nitrogens with zero attached hydrogens (tertiary/aromatic N) is 1. The van der Waals surface area contributed by atoms with E-state index < -0.39 is 0 Å². The Morgan fingerprint density at radius 3 is 2.39 bits per heavy atom. The van der Waals surface area contributed by atoms with Gasteiger partial charge in [-0.25, -0.2) is 0 Å². The van der Waals surface area contributed by atoms with Crippen LogP contribution in [-0.2, 0) is 21.6 Å². The SMILES string of the molecule is COc1cc2c(cc1OC)C1(CCN(C(=O)C3CCC(O)CC3)CC1)OCC2. The summed E-state index contributed by atoms with van der Waals surface area (Å²) in [6.45, 7) is 2.12. The number of piperidine rings is 1. The average molecular weight is 389 g/mol. The number of likely N-dealkylation sites (tertiary alicyclic amines) is 1.